The fraction of sp³-hybridized carbons (Fsp3) is 0.292. The Morgan fingerprint density at radius 2 is 1.88 bits per heavy atom. The van der Waals surface area contributed by atoms with Crippen LogP contribution in [-0.2, 0) is 16.1 Å². The summed E-state index contributed by atoms with van der Waals surface area (Å²) >= 11 is 1.55. The standard InChI is InChI=1S/C24H25NO6S/c1-15-11-19-22(16(2)13-21(26)30-19)20(12-15)31-23(27)18(9-10-32-3)25-24(28)29-14-17-7-5-4-6-8-17/h4-8,11-13,18H,9-10,14H2,1-3H3,(H,25,28)/t18-/m1/s1. The molecule has 0 saturated heterocycles. The summed E-state index contributed by atoms with van der Waals surface area (Å²) in [6, 6.07) is 13.1. The largest absolute Gasteiger partial charge is 0.445 e. The molecule has 0 fully saturated rings. The highest BCUT2D eigenvalue weighted by Crippen LogP contribution is 2.30. The Labute approximate surface area is 190 Å². The molecular weight excluding hydrogens is 430 g/mol. The molecule has 3 rings (SSSR count). The summed E-state index contributed by atoms with van der Waals surface area (Å²) in [5.74, 6) is 0.300. The van der Waals surface area contributed by atoms with Crippen LogP contribution in [0.25, 0.3) is 11.0 Å². The van der Waals surface area contributed by atoms with E-state index in [1.807, 2.05) is 43.5 Å². The van der Waals surface area contributed by atoms with Crippen molar-refractivity contribution >= 4 is 34.8 Å². The van der Waals surface area contributed by atoms with E-state index in [2.05, 4.69) is 5.32 Å². The molecule has 0 aliphatic carbocycles. The zero-order chi connectivity index (χ0) is 23.1. The van der Waals surface area contributed by atoms with Gasteiger partial charge in [-0.15, -0.1) is 0 Å². The number of fused-ring (bicyclic) bond motifs is 1. The minimum atomic E-state index is -0.891. The second kappa shape index (κ2) is 10.9. The third-order valence-electron chi connectivity index (χ3n) is 4.76. The molecule has 0 spiro atoms. The number of carbonyl (C=O) groups excluding carboxylic acids is 2. The van der Waals surface area contributed by atoms with E-state index >= 15 is 0 Å². The monoisotopic (exact) mass is 455 g/mol. The number of benzene rings is 2. The number of hydrogen-bond donors (Lipinski definition) is 1. The van der Waals surface area contributed by atoms with Gasteiger partial charge in [0.1, 0.15) is 24.0 Å². The summed E-state index contributed by atoms with van der Waals surface area (Å²) in [5.41, 5.74) is 2.11. The van der Waals surface area contributed by atoms with Gasteiger partial charge < -0.3 is 19.2 Å². The first-order valence-electron chi connectivity index (χ1n) is 10.1. The Balaban J connectivity index is 1.76. The molecular formula is C24H25NO6S. The van der Waals surface area contributed by atoms with Gasteiger partial charge in [-0.2, -0.15) is 11.8 Å². The minimum Gasteiger partial charge on any atom is -0.445 e. The molecule has 0 bridgehead atoms. The molecule has 2 aromatic carbocycles. The molecule has 32 heavy (non-hydrogen) atoms. The Morgan fingerprint density at radius 3 is 2.59 bits per heavy atom. The molecule has 0 aliphatic rings. The maximum Gasteiger partial charge on any atom is 0.408 e. The Kier molecular flexibility index (Phi) is 7.94. The fourth-order valence-electron chi connectivity index (χ4n) is 3.23. The topological polar surface area (TPSA) is 94.8 Å². The smallest absolute Gasteiger partial charge is 0.408 e. The molecule has 0 radical (unpaired) electrons. The van der Waals surface area contributed by atoms with Crippen LogP contribution in [0.5, 0.6) is 5.75 Å². The summed E-state index contributed by atoms with van der Waals surface area (Å²) in [4.78, 5) is 37.0. The zero-order valence-corrected chi connectivity index (χ0v) is 19.0. The van der Waals surface area contributed by atoms with Crippen LogP contribution in [-0.4, -0.2) is 30.1 Å². The van der Waals surface area contributed by atoms with E-state index < -0.39 is 23.7 Å². The molecule has 168 valence electrons. The average molecular weight is 456 g/mol. The number of rotatable bonds is 8. The number of alkyl carbamates (subject to hydrolysis) is 1. The van der Waals surface area contributed by atoms with E-state index in [4.69, 9.17) is 13.9 Å². The van der Waals surface area contributed by atoms with Crippen molar-refractivity contribution in [2.24, 2.45) is 0 Å². The molecule has 8 heteroatoms. The van der Waals surface area contributed by atoms with Gasteiger partial charge in [0.15, 0.2) is 0 Å². The van der Waals surface area contributed by atoms with Crippen LogP contribution in [0, 0.1) is 13.8 Å². The van der Waals surface area contributed by atoms with Gasteiger partial charge in [0.05, 0.1) is 5.39 Å². The van der Waals surface area contributed by atoms with Crippen molar-refractivity contribution in [1.29, 1.82) is 0 Å². The van der Waals surface area contributed by atoms with Gasteiger partial charge in [0.2, 0.25) is 0 Å². The number of ether oxygens (including phenoxy) is 2. The highest BCUT2D eigenvalue weighted by Gasteiger charge is 2.25. The van der Waals surface area contributed by atoms with Crippen LogP contribution in [0.2, 0.25) is 0 Å². The van der Waals surface area contributed by atoms with Gasteiger partial charge in [0.25, 0.3) is 0 Å². The molecule has 7 nitrogen and oxygen atoms in total. The number of thioether (sulfide) groups is 1. The molecule has 3 aromatic rings. The van der Waals surface area contributed by atoms with Crippen LogP contribution < -0.4 is 15.7 Å². The van der Waals surface area contributed by atoms with E-state index in [-0.39, 0.29) is 12.4 Å². The minimum absolute atomic E-state index is 0.0950. The Bertz CT molecular complexity index is 1160. The van der Waals surface area contributed by atoms with E-state index in [1.165, 1.54) is 6.07 Å². The second-order valence-corrected chi connectivity index (χ2v) is 8.33. The first-order valence-corrected chi connectivity index (χ1v) is 11.5. The average Bonchev–Trinajstić information content (AvgIpc) is 2.75. The van der Waals surface area contributed by atoms with Crippen molar-refractivity contribution in [3.8, 4) is 5.75 Å². The highest BCUT2D eigenvalue weighted by molar-refractivity contribution is 7.98. The number of hydrogen-bond acceptors (Lipinski definition) is 7. The van der Waals surface area contributed by atoms with Crippen LogP contribution >= 0.6 is 11.8 Å². The van der Waals surface area contributed by atoms with Crippen LogP contribution in [0.4, 0.5) is 4.79 Å². The number of esters is 1. The first kappa shape index (κ1) is 23.4. The summed E-state index contributed by atoms with van der Waals surface area (Å²) in [6.07, 6.45) is 1.58. The Morgan fingerprint density at radius 1 is 1.12 bits per heavy atom. The molecule has 1 amide bonds. The van der Waals surface area contributed by atoms with Gasteiger partial charge >= 0.3 is 17.7 Å². The zero-order valence-electron chi connectivity index (χ0n) is 18.2. The lowest BCUT2D eigenvalue weighted by Gasteiger charge is -2.18. The van der Waals surface area contributed by atoms with E-state index in [1.54, 1.807) is 30.8 Å². The van der Waals surface area contributed by atoms with E-state index in [9.17, 15) is 14.4 Å². The van der Waals surface area contributed by atoms with Crippen molar-refractivity contribution < 1.29 is 23.5 Å². The molecule has 1 atom stereocenters. The number of carbonyl (C=O) groups is 2. The number of nitrogens with one attached hydrogen (secondary N) is 1. The summed E-state index contributed by atoms with van der Waals surface area (Å²) in [5, 5.41) is 3.15. The third-order valence-corrected chi connectivity index (χ3v) is 5.40. The van der Waals surface area contributed by atoms with Gasteiger partial charge in [-0.25, -0.2) is 14.4 Å². The maximum absolute atomic E-state index is 13.0. The normalized spacial score (nSPS) is 11.7. The van der Waals surface area contributed by atoms with Crippen LogP contribution in [0.15, 0.2) is 57.7 Å². The predicted molar refractivity (Wildman–Crippen MR) is 124 cm³/mol. The third kappa shape index (κ3) is 6.13. The van der Waals surface area contributed by atoms with Crippen LogP contribution in [0.1, 0.15) is 23.1 Å². The van der Waals surface area contributed by atoms with Crippen molar-refractivity contribution in [2.75, 3.05) is 12.0 Å². The molecule has 0 unspecified atom stereocenters. The lowest BCUT2D eigenvalue weighted by Crippen LogP contribution is -2.43. The fourth-order valence-corrected chi connectivity index (χ4v) is 3.70. The molecule has 0 aliphatic heterocycles. The van der Waals surface area contributed by atoms with E-state index in [0.29, 0.717) is 28.7 Å². The van der Waals surface area contributed by atoms with Crippen molar-refractivity contribution in [3.63, 3.8) is 0 Å². The number of aryl methyl sites for hydroxylation is 2. The maximum atomic E-state index is 13.0. The second-order valence-electron chi connectivity index (χ2n) is 7.35. The van der Waals surface area contributed by atoms with Crippen LogP contribution in [0.3, 0.4) is 0 Å². The highest BCUT2D eigenvalue weighted by atomic mass is 32.2. The molecule has 1 N–H and O–H groups in total. The summed E-state index contributed by atoms with van der Waals surface area (Å²) in [6.45, 7) is 3.65. The lowest BCUT2D eigenvalue weighted by molar-refractivity contribution is -0.136. The van der Waals surface area contributed by atoms with Crippen molar-refractivity contribution in [2.45, 2.75) is 32.9 Å². The molecule has 1 aromatic heterocycles. The van der Waals surface area contributed by atoms with Gasteiger partial charge in [0, 0.05) is 6.07 Å². The van der Waals surface area contributed by atoms with E-state index in [0.717, 1.165) is 11.1 Å². The quantitative estimate of drug-likeness (QED) is 0.306. The summed E-state index contributed by atoms with van der Waals surface area (Å²) in [7, 11) is 0. The van der Waals surface area contributed by atoms with Gasteiger partial charge in [-0.3, -0.25) is 0 Å². The first-order chi connectivity index (χ1) is 15.4. The van der Waals surface area contributed by atoms with Gasteiger partial charge in [-0.1, -0.05) is 30.3 Å². The van der Waals surface area contributed by atoms with Crippen molar-refractivity contribution in [3.05, 3.63) is 75.6 Å². The molecule has 1 heterocycles. The van der Waals surface area contributed by atoms with Crippen molar-refractivity contribution in [1.82, 2.24) is 5.32 Å². The lowest BCUT2D eigenvalue weighted by atomic mass is 10.1. The Hall–Kier alpha value is -3.26. The summed E-state index contributed by atoms with van der Waals surface area (Å²) < 4.78 is 16.2. The number of amides is 1. The SMILES string of the molecule is CSCC[C@@H](NC(=O)OCc1ccccc1)C(=O)Oc1cc(C)cc2oc(=O)cc(C)c12. The molecule has 0 saturated carbocycles. The predicted octanol–water partition coefficient (Wildman–Crippen LogP) is 4.36. The van der Waals surface area contributed by atoms with Gasteiger partial charge in [-0.05, 0) is 61.1 Å².